The van der Waals surface area contributed by atoms with E-state index < -0.39 is 6.10 Å². The highest BCUT2D eigenvalue weighted by Crippen LogP contribution is 2.41. The summed E-state index contributed by atoms with van der Waals surface area (Å²) >= 11 is 3.62. The molecule has 0 aliphatic heterocycles. The minimum Gasteiger partial charge on any atom is -0.389 e. The molecular formula is C24H21BrN2O2. The van der Waals surface area contributed by atoms with Gasteiger partial charge in [-0.25, -0.2) is 4.98 Å². The molecule has 0 fully saturated rings. The Kier molecular flexibility index (Phi) is 4.96. The maximum atomic E-state index is 10.5. The number of benzene rings is 3. The van der Waals surface area contributed by atoms with E-state index in [0.29, 0.717) is 6.54 Å². The molecule has 4 nitrogen and oxygen atoms in total. The standard InChI is InChI=1S/C24H21BrN2O2/c25-19-8-7-16-5-6-18-11-17-3-1-2-4-21(17)24(23(18)22(16)12-19)29-14-20(28)13-27-10-9-26-15-27/h1-10,12,15,20,24,28H,11,13-14H2. The highest BCUT2D eigenvalue weighted by molar-refractivity contribution is 9.10. The van der Waals surface area contributed by atoms with E-state index in [4.69, 9.17) is 4.74 Å². The van der Waals surface area contributed by atoms with Crippen LogP contribution in [0.15, 0.2) is 77.8 Å². The Balaban J connectivity index is 1.52. The zero-order valence-electron chi connectivity index (χ0n) is 15.8. The van der Waals surface area contributed by atoms with E-state index in [2.05, 4.69) is 75.5 Å². The van der Waals surface area contributed by atoms with Crippen LogP contribution in [-0.2, 0) is 17.7 Å². The van der Waals surface area contributed by atoms with Gasteiger partial charge in [0, 0.05) is 16.9 Å². The van der Waals surface area contributed by atoms with Gasteiger partial charge in [0.1, 0.15) is 6.10 Å². The van der Waals surface area contributed by atoms with Crippen LogP contribution in [0.5, 0.6) is 0 Å². The van der Waals surface area contributed by atoms with Crippen molar-refractivity contribution in [3.8, 4) is 0 Å². The zero-order valence-corrected chi connectivity index (χ0v) is 17.4. The number of fused-ring (bicyclic) bond motifs is 4. The van der Waals surface area contributed by atoms with Crippen LogP contribution in [0, 0.1) is 0 Å². The summed E-state index contributed by atoms with van der Waals surface area (Å²) in [5.74, 6) is 0. The highest BCUT2D eigenvalue weighted by Gasteiger charge is 2.28. The van der Waals surface area contributed by atoms with Crippen molar-refractivity contribution in [3.63, 3.8) is 0 Å². The van der Waals surface area contributed by atoms with Crippen molar-refractivity contribution in [2.24, 2.45) is 0 Å². The first kappa shape index (κ1) is 18.6. The van der Waals surface area contributed by atoms with Crippen LogP contribution in [0.3, 0.4) is 0 Å². The number of imidazole rings is 1. The minimum absolute atomic E-state index is 0.203. The SMILES string of the molecule is OC(COC1c2ccccc2Cc2ccc3ccc(Br)cc3c21)Cn1ccnc1. The monoisotopic (exact) mass is 448 g/mol. The smallest absolute Gasteiger partial charge is 0.109 e. The van der Waals surface area contributed by atoms with E-state index in [9.17, 15) is 5.11 Å². The summed E-state index contributed by atoms with van der Waals surface area (Å²) in [6, 6.07) is 19.2. The minimum atomic E-state index is -0.608. The van der Waals surface area contributed by atoms with Crippen LogP contribution in [-0.4, -0.2) is 27.4 Å². The number of rotatable bonds is 5. The molecule has 3 aromatic carbocycles. The van der Waals surface area contributed by atoms with Crippen LogP contribution >= 0.6 is 15.9 Å². The van der Waals surface area contributed by atoms with Gasteiger partial charge in [-0.2, -0.15) is 0 Å². The topological polar surface area (TPSA) is 47.3 Å². The van der Waals surface area contributed by atoms with Crippen molar-refractivity contribution >= 4 is 26.7 Å². The van der Waals surface area contributed by atoms with Crippen molar-refractivity contribution in [3.05, 3.63) is 100 Å². The van der Waals surface area contributed by atoms with Crippen LogP contribution in [0.2, 0.25) is 0 Å². The molecule has 1 heterocycles. The van der Waals surface area contributed by atoms with Crippen LogP contribution in [0.4, 0.5) is 0 Å². The molecule has 0 saturated carbocycles. The van der Waals surface area contributed by atoms with Gasteiger partial charge in [-0.05, 0) is 51.6 Å². The summed E-state index contributed by atoms with van der Waals surface area (Å²) in [6.07, 6.45) is 5.35. The Morgan fingerprint density at radius 3 is 2.86 bits per heavy atom. The number of aliphatic hydroxyl groups is 1. The van der Waals surface area contributed by atoms with Crippen molar-refractivity contribution in [1.82, 2.24) is 9.55 Å². The Hall–Kier alpha value is -2.47. The van der Waals surface area contributed by atoms with Crippen LogP contribution in [0.1, 0.15) is 28.4 Å². The third-order valence-electron chi connectivity index (χ3n) is 5.53. The normalized spacial score (nSPS) is 16.4. The molecule has 1 aliphatic carbocycles. The predicted octanol–water partition coefficient (Wildman–Crippen LogP) is 4.87. The highest BCUT2D eigenvalue weighted by atomic mass is 79.9. The fourth-order valence-corrected chi connectivity index (χ4v) is 4.57. The number of ether oxygens (including phenoxy) is 1. The number of aromatic nitrogens is 2. The largest absolute Gasteiger partial charge is 0.389 e. The van der Waals surface area contributed by atoms with Crippen molar-refractivity contribution in [1.29, 1.82) is 0 Å². The van der Waals surface area contributed by atoms with Gasteiger partial charge in [-0.15, -0.1) is 0 Å². The van der Waals surface area contributed by atoms with E-state index >= 15 is 0 Å². The lowest BCUT2D eigenvalue weighted by atomic mass is 9.81. The van der Waals surface area contributed by atoms with Gasteiger partial charge in [-0.3, -0.25) is 0 Å². The van der Waals surface area contributed by atoms with Crippen molar-refractivity contribution in [2.45, 2.75) is 25.2 Å². The molecule has 5 rings (SSSR count). The van der Waals surface area contributed by atoms with Gasteiger partial charge < -0.3 is 14.4 Å². The second-order valence-corrected chi connectivity index (χ2v) is 8.42. The van der Waals surface area contributed by atoms with Gasteiger partial charge in [0.05, 0.1) is 25.6 Å². The quantitative estimate of drug-likeness (QED) is 0.473. The van der Waals surface area contributed by atoms with Gasteiger partial charge in [0.2, 0.25) is 0 Å². The molecule has 1 aliphatic rings. The number of aliphatic hydroxyl groups excluding tert-OH is 1. The van der Waals surface area contributed by atoms with Crippen LogP contribution in [0.25, 0.3) is 10.8 Å². The molecule has 29 heavy (non-hydrogen) atoms. The van der Waals surface area contributed by atoms with E-state index in [1.54, 1.807) is 12.5 Å². The summed E-state index contributed by atoms with van der Waals surface area (Å²) in [7, 11) is 0. The van der Waals surface area contributed by atoms with Gasteiger partial charge in [0.15, 0.2) is 0 Å². The zero-order chi connectivity index (χ0) is 19.8. The average Bonchev–Trinajstić information content (AvgIpc) is 3.24. The molecule has 2 atom stereocenters. The summed E-state index contributed by atoms with van der Waals surface area (Å²) < 4.78 is 9.31. The van der Waals surface area contributed by atoms with E-state index in [-0.39, 0.29) is 12.7 Å². The first-order chi connectivity index (χ1) is 14.2. The average molecular weight is 449 g/mol. The predicted molar refractivity (Wildman–Crippen MR) is 117 cm³/mol. The molecule has 0 amide bonds. The molecule has 0 spiro atoms. The second-order valence-electron chi connectivity index (χ2n) is 7.51. The molecule has 0 saturated heterocycles. The van der Waals surface area contributed by atoms with Gasteiger partial charge >= 0.3 is 0 Å². The van der Waals surface area contributed by atoms with Gasteiger partial charge in [0.25, 0.3) is 0 Å². The third kappa shape index (κ3) is 3.62. The number of halogens is 1. The van der Waals surface area contributed by atoms with E-state index in [1.807, 2.05) is 10.8 Å². The maximum Gasteiger partial charge on any atom is 0.109 e. The number of hydrogen-bond donors (Lipinski definition) is 1. The first-order valence-corrected chi connectivity index (χ1v) is 10.5. The van der Waals surface area contributed by atoms with Crippen molar-refractivity contribution in [2.75, 3.05) is 6.61 Å². The number of nitrogens with zero attached hydrogens (tertiary/aromatic N) is 2. The molecule has 0 bridgehead atoms. The fourth-order valence-electron chi connectivity index (χ4n) is 4.21. The Morgan fingerprint density at radius 2 is 2.00 bits per heavy atom. The molecule has 4 aromatic rings. The molecule has 2 unspecified atom stereocenters. The van der Waals surface area contributed by atoms with Gasteiger partial charge in [-0.1, -0.05) is 58.4 Å². The molecule has 1 aromatic heterocycles. The van der Waals surface area contributed by atoms with Crippen LogP contribution < -0.4 is 0 Å². The second kappa shape index (κ2) is 7.75. The maximum absolute atomic E-state index is 10.5. The molecular weight excluding hydrogens is 428 g/mol. The molecule has 1 N–H and O–H groups in total. The lowest BCUT2D eigenvalue weighted by Gasteiger charge is -2.30. The summed E-state index contributed by atoms with van der Waals surface area (Å²) in [4.78, 5) is 4.03. The van der Waals surface area contributed by atoms with E-state index in [1.165, 1.54) is 33.0 Å². The third-order valence-corrected chi connectivity index (χ3v) is 6.03. The Labute approximate surface area is 177 Å². The van der Waals surface area contributed by atoms with Crippen molar-refractivity contribution < 1.29 is 9.84 Å². The lowest BCUT2D eigenvalue weighted by Crippen LogP contribution is -2.25. The lowest BCUT2D eigenvalue weighted by molar-refractivity contribution is -0.00131. The fraction of sp³-hybridized carbons (Fsp3) is 0.208. The molecule has 146 valence electrons. The summed E-state index contributed by atoms with van der Waals surface area (Å²) in [5.41, 5.74) is 4.95. The summed E-state index contributed by atoms with van der Waals surface area (Å²) in [6.45, 7) is 0.712. The summed E-state index contributed by atoms with van der Waals surface area (Å²) in [5, 5.41) is 12.9. The molecule has 5 heteroatoms. The Morgan fingerprint density at radius 1 is 1.14 bits per heavy atom. The number of hydrogen-bond acceptors (Lipinski definition) is 3. The molecule has 0 radical (unpaired) electrons. The Bertz CT molecular complexity index is 1160. The first-order valence-electron chi connectivity index (χ1n) is 9.73. The van der Waals surface area contributed by atoms with E-state index in [0.717, 1.165) is 10.9 Å².